The van der Waals surface area contributed by atoms with Crippen LogP contribution in [0.4, 0.5) is 0 Å². The maximum Gasteiger partial charge on any atom is 0.251 e. The van der Waals surface area contributed by atoms with Crippen LogP contribution < -0.4 is 11.1 Å². The fourth-order valence-corrected chi connectivity index (χ4v) is 2.81. The van der Waals surface area contributed by atoms with Gasteiger partial charge in [-0.05, 0) is 36.0 Å². The van der Waals surface area contributed by atoms with E-state index in [1.165, 1.54) is 25.7 Å². The van der Waals surface area contributed by atoms with Gasteiger partial charge in [-0.1, -0.05) is 38.3 Å². The first-order valence-corrected chi connectivity index (χ1v) is 7.28. The molecule has 0 radical (unpaired) electrons. The highest BCUT2D eigenvalue weighted by Crippen LogP contribution is 2.28. The van der Waals surface area contributed by atoms with E-state index in [9.17, 15) is 4.79 Å². The molecule has 0 bridgehead atoms. The van der Waals surface area contributed by atoms with Crippen LogP contribution in [0.25, 0.3) is 0 Å². The Morgan fingerprint density at radius 2 is 1.95 bits per heavy atom. The molecule has 3 N–H and O–H groups in total. The van der Waals surface area contributed by atoms with Gasteiger partial charge in [0.1, 0.15) is 0 Å². The van der Waals surface area contributed by atoms with Crippen molar-refractivity contribution in [3.8, 4) is 0 Å². The zero-order valence-corrected chi connectivity index (χ0v) is 11.7. The molecule has 1 aliphatic rings. The lowest BCUT2D eigenvalue weighted by molar-refractivity contribution is 0.0936. The number of hydrogen-bond donors (Lipinski definition) is 2. The highest BCUT2D eigenvalue weighted by atomic mass is 16.1. The Labute approximate surface area is 115 Å². The van der Waals surface area contributed by atoms with Crippen molar-refractivity contribution in [1.82, 2.24) is 5.32 Å². The monoisotopic (exact) mass is 260 g/mol. The van der Waals surface area contributed by atoms with E-state index < -0.39 is 0 Å². The zero-order valence-electron chi connectivity index (χ0n) is 11.7. The van der Waals surface area contributed by atoms with Gasteiger partial charge in [0.05, 0.1) is 0 Å². The normalized spacial score (nSPS) is 23.1. The van der Waals surface area contributed by atoms with Crippen molar-refractivity contribution in [3.63, 3.8) is 0 Å². The van der Waals surface area contributed by atoms with Crippen LogP contribution in [0.5, 0.6) is 0 Å². The Bertz CT molecular complexity index is 413. The molecule has 1 aliphatic carbocycles. The number of benzene rings is 1. The summed E-state index contributed by atoms with van der Waals surface area (Å²) in [6, 6.07) is 7.53. The first-order valence-electron chi connectivity index (χ1n) is 7.28. The van der Waals surface area contributed by atoms with Gasteiger partial charge in [0.25, 0.3) is 5.91 Å². The third-order valence-electron chi connectivity index (χ3n) is 4.27. The standard InChI is InChI=1S/C16H24N2O/c1-12-4-2-3-5-15(12)11-18-16(19)14-8-6-13(10-17)7-9-14/h6-9,12,15H,2-5,10-11,17H2,1H3,(H,18,19). The van der Waals surface area contributed by atoms with Crippen molar-refractivity contribution in [1.29, 1.82) is 0 Å². The number of carbonyl (C=O) groups is 1. The molecule has 0 saturated heterocycles. The van der Waals surface area contributed by atoms with Gasteiger partial charge in [0.15, 0.2) is 0 Å². The average molecular weight is 260 g/mol. The van der Waals surface area contributed by atoms with Crippen molar-refractivity contribution in [3.05, 3.63) is 35.4 Å². The third kappa shape index (κ3) is 3.80. The van der Waals surface area contributed by atoms with E-state index in [2.05, 4.69) is 12.2 Å². The molecule has 19 heavy (non-hydrogen) atoms. The van der Waals surface area contributed by atoms with Gasteiger partial charge in [0, 0.05) is 18.7 Å². The highest BCUT2D eigenvalue weighted by molar-refractivity contribution is 5.94. The molecule has 0 aromatic heterocycles. The fourth-order valence-electron chi connectivity index (χ4n) is 2.81. The first-order chi connectivity index (χ1) is 9.20. The summed E-state index contributed by atoms with van der Waals surface area (Å²) in [5, 5.41) is 3.07. The number of nitrogens with one attached hydrogen (secondary N) is 1. The van der Waals surface area contributed by atoms with E-state index in [0.29, 0.717) is 12.5 Å². The minimum atomic E-state index is 0.0290. The van der Waals surface area contributed by atoms with E-state index in [1.807, 2.05) is 24.3 Å². The van der Waals surface area contributed by atoms with Crippen LogP contribution in [0.1, 0.15) is 48.5 Å². The van der Waals surface area contributed by atoms with Crippen molar-refractivity contribution in [2.24, 2.45) is 17.6 Å². The Hall–Kier alpha value is -1.35. The summed E-state index contributed by atoms with van der Waals surface area (Å²) in [7, 11) is 0. The lowest BCUT2D eigenvalue weighted by atomic mass is 9.80. The van der Waals surface area contributed by atoms with Crippen molar-refractivity contribution >= 4 is 5.91 Å². The van der Waals surface area contributed by atoms with Crippen LogP contribution in [0.15, 0.2) is 24.3 Å². The minimum Gasteiger partial charge on any atom is -0.352 e. The molecule has 1 aromatic rings. The number of rotatable bonds is 4. The Morgan fingerprint density at radius 1 is 1.26 bits per heavy atom. The smallest absolute Gasteiger partial charge is 0.251 e. The second-order valence-electron chi connectivity index (χ2n) is 5.63. The number of amides is 1. The summed E-state index contributed by atoms with van der Waals surface area (Å²) in [5.74, 6) is 1.40. The SMILES string of the molecule is CC1CCCCC1CNC(=O)c1ccc(CN)cc1. The van der Waals surface area contributed by atoms with E-state index >= 15 is 0 Å². The van der Waals surface area contributed by atoms with Crippen LogP contribution in [0, 0.1) is 11.8 Å². The lowest BCUT2D eigenvalue weighted by Crippen LogP contribution is -2.33. The highest BCUT2D eigenvalue weighted by Gasteiger charge is 2.21. The maximum atomic E-state index is 12.1. The predicted octanol–water partition coefficient (Wildman–Crippen LogP) is 2.70. The van der Waals surface area contributed by atoms with Crippen LogP contribution >= 0.6 is 0 Å². The molecular weight excluding hydrogens is 236 g/mol. The summed E-state index contributed by atoms with van der Waals surface area (Å²) in [6.45, 7) is 3.62. The summed E-state index contributed by atoms with van der Waals surface area (Å²) in [5.41, 5.74) is 7.32. The molecule has 0 spiro atoms. The predicted molar refractivity (Wildman–Crippen MR) is 77.8 cm³/mol. The summed E-state index contributed by atoms with van der Waals surface area (Å²) in [6.07, 6.45) is 5.18. The van der Waals surface area contributed by atoms with Gasteiger partial charge in [0.2, 0.25) is 0 Å². The van der Waals surface area contributed by atoms with E-state index in [-0.39, 0.29) is 5.91 Å². The van der Waals surface area contributed by atoms with Crippen LogP contribution in [0.2, 0.25) is 0 Å². The van der Waals surface area contributed by atoms with E-state index in [4.69, 9.17) is 5.73 Å². The molecule has 1 saturated carbocycles. The molecule has 0 heterocycles. The molecule has 2 rings (SSSR count). The number of carbonyl (C=O) groups excluding carboxylic acids is 1. The van der Waals surface area contributed by atoms with Crippen LogP contribution in [0.3, 0.4) is 0 Å². The summed E-state index contributed by atoms with van der Waals surface area (Å²) < 4.78 is 0. The van der Waals surface area contributed by atoms with Crippen molar-refractivity contribution < 1.29 is 4.79 Å². The molecular formula is C16H24N2O. The molecule has 3 heteroatoms. The van der Waals surface area contributed by atoms with Crippen LogP contribution in [-0.4, -0.2) is 12.5 Å². The quantitative estimate of drug-likeness (QED) is 0.874. The molecule has 3 nitrogen and oxygen atoms in total. The largest absolute Gasteiger partial charge is 0.352 e. The van der Waals surface area contributed by atoms with Crippen molar-refractivity contribution in [2.75, 3.05) is 6.54 Å². The maximum absolute atomic E-state index is 12.1. The molecule has 1 amide bonds. The number of nitrogens with two attached hydrogens (primary N) is 1. The Kier molecular flexibility index (Phi) is 4.97. The van der Waals surface area contributed by atoms with E-state index in [1.54, 1.807) is 0 Å². The van der Waals surface area contributed by atoms with Gasteiger partial charge >= 0.3 is 0 Å². The molecule has 104 valence electrons. The average Bonchev–Trinajstić information content (AvgIpc) is 2.46. The fraction of sp³-hybridized carbons (Fsp3) is 0.562. The van der Waals surface area contributed by atoms with Crippen molar-refractivity contribution in [2.45, 2.75) is 39.2 Å². The van der Waals surface area contributed by atoms with E-state index in [0.717, 1.165) is 23.6 Å². The molecule has 0 aliphatic heterocycles. The van der Waals surface area contributed by atoms with Gasteiger partial charge < -0.3 is 11.1 Å². The molecule has 1 fully saturated rings. The van der Waals surface area contributed by atoms with Gasteiger partial charge in [-0.2, -0.15) is 0 Å². The van der Waals surface area contributed by atoms with Gasteiger partial charge in [-0.3, -0.25) is 4.79 Å². The van der Waals surface area contributed by atoms with Gasteiger partial charge in [-0.25, -0.2) is 0 Å². The first kappa shape index (κ1) is 14.1. The second-order valence-corrected chi connectivity index (χ2v) is 5.63. The Morgan fingerprint density at radius 3 is 2.58 bits per heavy atom. The van der Waals surface area contributed by atoms with Gasteiger partial charge in [-0.15, -0.1) is 0 Å². The molecule has 2 unspecified atom stereocenters. The second kappa shape index (κ2) is 6.71. The topological polar surface area (TPSA) is 55.1 Å². The lowest BCUT2D eigenvalue weighted by Gasteiger charge is -2.28. The zero-order chi connectivity index (χ0) is 13.7. The van der Waals surface area contributed by atoms with Crippen LogP contribution in [-0.2, 0) is 6.54 Å². The molecule has 1 aromatic carbocycles. The summed E-state index contributed by atoms with van der Waals surface area (Å²) >= 11 is 0. The Balaban J connectivity index is 1.86. The summed E-state index contributed by atoms with van der Waals surface area (Å²) in [4.78, 5) is 12.1. The molecule has 2 atom stereocenters. The number of hydrogen-bond acceptors (Lipinski definition) is 2. The minimum absolute atomic E-state index is 0.0290. The third-order valence-corrected chi connectivity index (χ3v) is 4.27.